The van der Waals surface area contributed by atoms with Gasteiger partial charge in [0.2, 0.25) is 5.91 Å². The van der Waals surface area contributed by atoms with Gasteiger partial charge in [0.05, 0.1) is 6.20 Å². The predicted molar refractivity (Wildman–Crippen MR) is 77.6 cm³/mol. The Bertz CT molecular complexity index is 611. The van der Waals surface area contributed by atoms with Crippen molar-refractivity contribution in [3.05, 3.63) is 35.4 Å². The maximum absolute atomic E-state index is 12.0. The average molecular weight is 288 g/mol. The van der Waals surface area contributed by atoms with Crippen LogP contribution in [0.4, 0.5) is 0 Å². The molecule has 1 aliphatic heterocycles. The van der Waals surface area contributed by atoms with Crippen LogP contribution in [-0.2, 0) is 17.9 Å². The van der Waals surface area contributed by atoms with Crippen molar-refractivity contribution in [1.29, 1.82) is 0 Å². The third kappa shape index (κ3) is 3.13. The molecule has 1 unspecified atom stereocenters. The lowest BCUT2D eigenvalue weighted by atomic mass is 10.0. The predicted octanol–water partition coefficient (Wildman–Crippen LogP) is 0.308. The number of nitrogens with zero attached hydrogens (tertiary/aromatic N) is 3. The van der Waals surface area contributed by atoms with E-state index in [4.69, 9.17) is 0 Å². The van der Waals surface area contributed by atoms with Crippen molar-refractivity contribution in [2.75, 3.05) is 13.1 Å². The molecule has 0 radical (unpaired) electrons. The number of carbonyl (C=O) groups excluding carboxylic acids is 1. The van der Waals surface area contributed by atoms with Gasteiger partial charge in [-0.3, -0.25) is 14.6 Å². The van der Waals surface area contributed by atoms with E-state index >= 15 is 0 Å². The van der Waals surface area contributed by atoms with Gasteiger partial charge in [-0.25, -0.2) is 0 Å². The zero-order chi connectivity index (χ0) is 14.7. The maximum atomic E-state index is 12.0. The van der Waals surface area contributed by atoms with Gasteiger partial charge < -0.3 is 10.6 Å². The molecule has 7 nitrogen and oxygen atoms in total. The van der Waals surface area contributed by atoms with Crippen LogP contribution in [0.5, 0.6) is 0 Å². The number of H-pyrrole nitrogens is 1. The molecule has 1 aliphatic rings. The first-order valence-electron chi connectivity index (χ1n) is 7.22. The third-order valence-corrected chi connectivity index (χ3v) is 3.92. The Morgan fingerprint density at radius 2 is 2.48 bits per heavy atom. The number of nitrogens with one attached hydrogen (secondary N) is 3. The highest BCUT2D eigenvalue weighted by atomic mass is 16.2. The molecule has 0 saturated carbocycles. The molecule has 0 aliphatic carbocycles. The van der Waals surface area contributed by atoms with Crippen LogP contribution in [0.1, 0.15) is 29.3 Å². The van der Waals surface area contributed by atoms with Gasteiger partial charge in [0.15, 0.2) is 0 Å². The van der Waals surface area contributed by atoms with Crippen LogP contribution in [0.15, 0.2) is 18.5 Å². The number of hydrogen-bond donors (Lipinski definition) is 3. The lowest BCUT2D eigenvalue weighted by Crippen LogP contribution is -2.28. The molecule has 7 heteroatoms. The van der Waals surface area contributed by atoms with Crippen LogP contribution in [0, 0.1) is 6.92 Å². The molecule has 1 amide bonds. The van der Waals surface area contributed by atoms with Crippen LogP contribution in [0.3, 0.4) is 0 Å². The maximum Gasteiger partial charge on any atom is 0.242 e. The summed E-state index contributed by atoms with van der Waals surface area (Å²) in [6.07, 6.45) is 4.60. The van der Waals surface area contributed by atoms with Gasteiger partial charge in [-0.05, 0) is 26.0 Å². The molecule has 0 spiro atoms. The van der Waals surface area contributed by atoms with Crippen LogP contribution < -0.4 is 10.6 Å². The quantitative estimate of drug-likeness (QED) is 0.739. The van der Waals surface area contributed by atoms with Gasteiger partial charge in [0.25, 0.3) is 0 Å². The number of rotatable bonds is 5. The van der Waals surface area contributed by atoms with Gasteiger partial charge in [-0.15, -0.1) is 0 Å². The van der Waals surface area contributed by atoms with Crippen LogP contribution in [0.25, 0.3) is 0 Å². The van der Waals surface area contributed by atoms with Gasteiger partial charge >= 0.3 is 0 Å². The Morgan fingerprint density at radius 3 is 3.19 bits per heavy atom. The Labute approximate surface area is 123 Å². The van der Waals surface area contributed by atoms with E-state index in [9.17, 15) is 4.79 Å². The summed E-state index contributed by atoms with van der Waals surface area (Å²) >= 11 is 0. The monoisotopic (exact) mass is 288 g/mol. The molecule has 3 heterocycles. The number of carbonyl (C=O) groups is 1. The first-order valence-corrected chi connectivity index (χ1v) is 7.22. The minimum absolute atomic E-state index is 0.0431. The van der Waals surface area contributed by atoms with Crippen molar-refractivity contribution >= 4 is 5.91 Å². The van der Waals surface area contributed by atoms with Gasteiger partial charge in [0, 0.05) is 42.2 Å². The fourth-order valence-corrected chi connectivity index (χ4v) is 2.67. The van der Waals surface area contributed by atoms with E-state index in [0.29, 0.717) is 12.5 Å². The van der Waals surface area contributed by atoms with E-state index in [-0.39, 0.29) is 12.5 Å². The van der Waals surface area contributed by atoms with E-state index < -0.39 is 0 Å². The minimum Gasteiger partial charge on any atom is -0.350 e. The minimum atomic E-state index is -0.0431. The van der Waals surface area contributed by atoms with Crippen molar-refractivity contribution in [2.45, 2.75) is 32.4 Å². The fraction of sp³-hybridized carbons (Fsp3) is 0.500. The van der Waals surface area contributed by atoms with Crippen LogP contribution in [-0.4, -0.2) is 39.0 Å². The molecule has 2 aromatic rings. The number of aromatic nitrogens is 4. The molecule has 0 bridgehead atoms. The third-order valence-electron chi connectivity index (χ3n) is 3.92. The van der Waals surface area contributed by atoms with Gasteiger partial charge in [-0.2, -0.15) is 10.2 Å². The molecular weight excluding hydrogens is 268 g/mol. The van der Waals surface area contributed by atoms with Gasteiger partial charge in [-0.1, -0.05) is 0 Å². The van der Waals surface area contributed by atoms with E-state index in [1.807, 2.05) is 13.0 Å². The summed E-state index contributed by atoms with van der Waals surface area (Å²) < 4.78 is 1.69. The molecule has 3 rings (SSSR count). The fourth-order valence-electron chi connectivity index (χ4n) is 2.67. The molecule has 112 valence electrons. The Hall–Kier alpha value is -2.15. The lowest BCUT2D eigenvalue weighted by molar-refractivity contribution is -0.122. The number of aryl methyl sites for hydroxylation is 1. The highest BCUT2D eigenvalue weighted by molar-refractivity contribution is 5.75. The Kier molecular flexibility index (Phi) is 4.01. The Morgan fingerprint density at radius 1 is 1.57 bits per heavy atom. The molecule has 3 N–H and O–H groups in total. The van der Waals surface area contributed by atoms with E-state index in [0.717, 1.165) is 36.5 Å². The lowest BCUT2D eigenvalue weighted by Gasteiger charge is -2.10. The highest BCUT2D eigenvalue weighted by Gasteiger charge is 2.21. The second-order valence-electron chi connectivity index (χ2n) is 5.41. The number of aromatic amines is 1. The zero-order valence-electron chi connectivity index (χ0n) is 12.1. The van der Waals surface area contributed by atoms with Crippen molar-refractivity contribution < 1.29 is 4.79 Å². The molecule has 1 fully saturated rings. The molecule has 1 atom stereocenters. The molecule has 2 aromatic heterocycles. The molecule has 1 saturated heterocycles. The molecule has 21 heavy (non-hydrogen) atoms. The summed E-state index contributed by atoms with van der Waals surface area (Å²) in [5.74, 6) is 0.422. The standard InChI is InChI=1S/C14H20N6O/c1-10-2-5-18-20(10)9-13(21)16-7-12-8-17-19-14(12)11-3-4-15-6-11/h2,5,8,11,15H,3-4,6-7,9H2,1H3,(H,16,21)(H,17,19). The normalized spacial score (nSPS) is 18.0. The first-order chi connectivity index (χ1) is 10.2. The van der Waals surface area contributed by atoms with Crippen molar-refractivity contribution in [1.82, 2.24) is 30.6 Å². The largest absolute Gasteiger partial charge is 0.350 e. The SMILES string of the molecule is Cc1ccnn1CC(=O)NCc1cn[nH]c1C1CCNC1. The smallest absolute Gasteiger partial charge is 0.242 e. The molecular formula is C14H20N6O. The second kappa shape index (κ2) is 6.09. The summed E-state index contributed by atoms with van der Waals surface area (Å²) in [5, 5.41) is 17.6. The first kappa shape index (κ1) is 13.8. The Balaban J connectivity index is 1.56. The summed E-state index contributed by atoms with van der Waals surface area (Å²) in [4.78, 5) is 12.0. The number of amides is 1. The van der Waals surface area contributed by atoms with Gasteiger partial charge in [0.1, 0.15) is 6.54 Å². The second-order valence-corrected chi connectivity index (χ2v) is 5.41. The van der Waals surface area contributed by atoms with E-state index in [1.165, 1.54) is 0 Å². The highest BCUT2D eigenvalue weighted by Crippen LogP contribution is 2.23. The summed E-state index contributed by atoms with van der Waals surface area (Å²) in [7, 11) is 0. The summed E-state index contributed by atoms with van der Waals surface area (Å²) in [6.45, 7) is 4.68. The molecule has 0 aromatic carbocycles. The topological polar surface area (TPSA) is 87.6 Å². The van der Waals surface area contributed by atoms with Crippen LogP contribution in [0.2, 0.25) is 0 Å². The van der Waals surface area contributed by atoms with Crippen LogP contribution >= 0.6 is 0 Å². The zero-order valence-corrected chi connectivity index (χ0v) is 12.1. The van der Waals surface area contributed by atoms with Crippen molar-refractivity contribution in [2.24, 2.45) is 0 Å². The summed E-state index contributed by atoms with van der Waals surface area (Å²) in [5.41, 5.74) is 3.18. The number of hydrogen-bond acceptors (Lipinski definition) is 4. The van der Waals surface area contributed by atoms with E-state index in [1.54, 1.807) is 17.1 Å². The summed E-state index contributed by atoms with van der Waals surface area (Å²) in [6, 6.07) is 1.88. The van der Waals surface area contributed by atoms with Crippen molar-refractivity contribution in [3.8, 4) is 0 Å². The van der Waals surface area contributed by atoms with Crippen molar-refractivity contribution in [3.63, 3.8) is 0 Å². The average Bonchev–Trinajstić information content (AvgIpc) is 3.18. The van der Waals surface area contributed by atoms with E-state index in [2.05, 4.69) is 25.9 Å².